The van der Waals surface area contributed by atoms with Crippen LogP contribution in [0.15, 0.2) is 24.3 Å². The molecule has 1 aliphatic heterocycles. The van der Waals surface area contributed by atoms with Crippen LogP contribution in [-0.2, 0) is 15.3 Å². The summed E-state index contributed by atoms with van der Waals surface area (Å²) in [5.41, 5.74) is 6.28. The summed E-state index contributed by atoms with van der Waals surface area (Å²) in [6.45, 7) is 1.15. The molecule has 1 saturated heterocycles. The summed E-state index contributed by atoms with van der Waals surface area (Å²) in [6, 6.07) is 6.33. The van der Waals surface area contributed by atoms with Crippen molar-refractivity contribution in [2.24, 2.45) is 11.7 Å². The molecule has 1 heterocycles. The zero-order valence-electron chi connectivity index (χ0n) is 12.6. The molecule has 0 spiro atoms. The number of piperidine rings is 1. The Labute approximate surface area is 138 Å². The van der Waals surface area contributed by atoms with E-state index in [0.717, 1.165) is 5.56 Å². The minimum Gasteiger partial charge on any atom is -0.369 e. The van der Waals surface area contributed by atoms with E-state index in [2.05, 4.69) is 0 Å². The Morgan fingerprint density at radius 3 is 2.39 bits per heavy atom. The second kappa shape index (κ2) is 7.96. The Bertz CT molecular complexity index is 583. The van der Waals surface area contributed by atoms with Gasteiger partial charge in [-0.1, -0.05) is 12.1 Å². The Morgan fingerprint density at radius 1 is 1.26 bits per heavy atom. The van der Waals surface area contributed by atoms with Crippen molar-refractivity contribution in [1.29, 1.82) is 0 Å². The maximum Gasteiger partial charge on any atom is 0.269 e. The Balaban J connectivity index is 1.73. The summed E-state index contributed by atoms with van der Waals surface area (Å²) in [5.74, 6) is 0.635. The molecule has 7 nitrogen and oxygen atoms in total. The molecule has 0 saturated carbocycles. The first-order chi connectivity index (χ1) is 11.0. The van der Waals surface area contributed by atoms with Gasteiger partial charge in [0.05, 0.1) is 10.7 Å². The van der Waals surface area contributed by atoms with E-state index >= 15 is 0 Å². The molecule has 1 aromatic rings. The van der Waals surface area contributed by atoms with Gasteiger partial charge in [-0.2, -0.15) is 0 Å². The van der Waals surface area contributed by atoms with Crippen LogP contribution in [-0.4, -0.2) is 40.5 Å². The van der Waals surface area contributed by atoms with E-state index in [0.29, 0.717) is 37.4 Å². The number of primary amides is 1. The molecule has 2 N–H and O–H groups in total. The van der Waals surface area contributed by atoms with Gasteiger partial charge >= 0.3 is 0 Å². The first-order valence-corrected chi connectivity index (χ1v) is 8.51. The number of nitro groups is 1. The predicted octanol–water partition coefficient (Wildman–Crippen LogP) is 1.55. The highest BCUT2D eigenvalue weighted by molar-refractivity contribution is 7.99. The normalized spacial score (nSPS) is 15.4. The van der Waals surface area contributed by atoms with E-state index in [4.69, 9.17) is 5.73 Å². The number of hydrogen-bond acceptors (Lipinski definition) is 5. The molecule has 1 aromatic carbocycles. The second-order valence-corrected chi connectivity index (χ2v) is 6.46. The predicted molar refractivity (Wildman–Crippen MR) is 87.8 cm³/mol. The number of carbonyl (C=O) groups is 2. The van der Waals surface area contributed by atoms with Crippen molar-refractivity contribution in [3.8, 4) is 0 Å². The molecule has 1 aliphatic rings. The van der Waals surface area contributed by atoms with Gasteiger partial charge < -0.3 is 10.6 Å². The summed E-state index contributed by atoms with van der Waals surface area (Å²) in [5, 5.41) is 10.6. The zero-order valence-corrected chi connectivity index (χ0v) is 13.5. The molecule has 1 fully saturated rings. The molecule has 2 rings (SSSR count). The minimum absolute atomic E-state index is 0.0554. The largest absolute Gasteiger partial charge is 0.369 e. The van der Waals surface area contributed by atoms with Crippen molar-refractivity contribution in [3.63, 3.8) is 0 Å². The van der Waals surface area contributed by atoms with E-state index in [1.165, 1.54) is 23.9 Å². The number of benzene rings is 1. The van der Waals surface area contributed by atoms with Gasteiger partial charge in [0.15, 0.2) is 0 Å². The van der Waals surface area contributed by atoms with Crippen LogP contribution in [0, 0.1) is 16.0 Å². The molecule has 2 amide bonds. The number of rotatable bonds is 6. The molecule has 0 aliphatic carbocycles. The van der Waals surface area contributed by atoms with Gasteiger partial charge in [0.2, 0.25) is 11.8 Å². The molecule has 0 bridgehead atoms. The Kier molecular flexibility index (Phi) is 5.97. The van der Waals surface area contributed by atoms with Crippen LogP contribution in [0.25, 0.3) is 0 Å². The third kappa shape index (κ3) is 4.95. The first-order valence-electron chi connectivity index (χ1n) is 7.35. The van der Waals surface area contributed by atoms with Crippen molar-refractivity contribution in [1.82, 2.24) is 4.90 Å². The van der Waals surface area contributed by atoms with Gasteiger partial charge in [-0.15, -0.1) is 11.8 Å². The molecule has 8 heteroatoms. The lowest BCUT2D eigenvalue weighted by molar-refractivity contribution is -0.384. The topological polar surface area (TPSA) is 107 Å². The number of non-ortho nitro benzene ring substituents is 1. The highest BCUT2D eigenvalue weighted by Crippen LogP contribution is 2.20. The quantitative estimate of drug-likeness (QED) is 0.626. The number of amides is 2. The zero-order chi connectivity index (χ0) is 16.8. The fraction of sp³-hybridized carbons (Fsp3) is 0.467. The maximum atomic E-state index is 12.1. The summed E-state index contributed by atoms with van der Waals surface area (Å²) in [6.07, 6.45) is 1.27. The number of nitrogens with two attached hydrogens (primary N) is 1. The van der Waals surface area contributed by atoms with E-state index in [-0.39, 0.29) is 23.4 Å². The van der Waals surface area contributed by atoms with Crippen LogP contribution >= 0.6 is 11.8 Å². The molecule has 0 atom stereocenters. The Hall–Kier alpha value is -2.09. The van der Waals surface area contributed by atoms with Crippen LogP contribution in [0.5, 0.6) is 0 Å². The van der Waals surface area contributed by atoms with Crippen molar-refractivity contribution in [2.45, 2.75) is 18.6 Å². The van der Waals surface area contributed by atoms with E-state index < -0.39 is 4.92 Å². The van der Waals surface area contributed by atoms with Crippen molar-refractivity contribution < 1.29 is 14.5 Å². The van der Waals surface area contributed by atoms with Gasteiger partial charge in [-0.05, 0) is 18.4 Å². The van der Waals surface area contributed by atoms with Gasteiger partial charge in [-0.3, -0.25) is 19.7 Å². The minimum atomic E-state index is -0.434. The first kappa shape index (κ1) is 17.3. The van der Waals surface area contributed by atoms with Crippen molar-refractivity contribution in [2.75, 3.05) is 18.8 Å². The molecular formula is C15H19N3O4S. The van der Waals surface area contributed by atoms with Gasteiger partial charge in [0.1, 0.15) is 0 Å². The number of carbonyl (C=O) groups excluding carboxylic acids is 2. The SMILES string of the molecule is NC(=O)C1CCN(C(=O)CSCc2ccc([N+](=O)[O-])cc2)CC1. The fourth-order valence-electron chi connectivity index (χ4n) is 2.47. The van der Waals surface area contributed by atoms with Crippen LogP contribution in [0.3, 0.4) is 0 Å². The van der Waals surface area contributed by atoms with Crippen LogP contribution in [0.4, 0.5) is 5.69 Å². The lowest BCUT2D eigenvalue weighted by Crippen LogP contribution is -2.42. The van der Waals surface area contributed by atoms with Crippen LogP contribution in [0.1, 0.15) is 18.4 Å². The molecule has 23 heavy (non-hydrogen) atoms. The fourth-order valence-corrected chi connectivity index (χ4v) is 3.36. The lowest BCUT2D eigenvalue weighted by Gasteiger charge is -2.30. The average Bonchev–Trinajstić information content (AvgIpc) is 2.55. The summed E-state index contributed by atoms with van der Waals surface area (Å²) in [7, 11) is 0. The molecule has 0 unspecified atom stereocenters. The molecule has 0 aromatic heterocycles. The number of thioether (sulfide) groups is 1. The third-order valence-corrected chi connectivity index (χ3v) is 4.88. The van der Waals surface area contributed by atoms with E-state index in [1.54, 1.807) is 17.0 Å². The average molecular weight is 337 g/mol. The van der Waals surface area contributed by atoms with Gasteiger partial charge in [0, 0.05) is 36.9 Å². The molecular weight excluding hydrogens is 318 g/mol. The summed E-state index contributed by atoms with van der Waals surface area (Å²) < 4.78 is 0. The van der Waals surface area contributed by atoms with Crippen LogP contribution < -0.4 is 5.73 Å². The monoisotopic (exact) mass is 337 g/mol. The summed E-state index contributed by atoms with van der Waals surface area (Å²) in [4.78, 5) is 35.1. The van der Waals surface area contributed by atoms with E-state index in [1.807, 2.05) is 0 Å². The standard InChI is InChI=1S/C15H19N3O4S/c16-15(20)12-5-7-17(8-6-12)14(19)10-23-9-11-1-3-13(4-2-11)18(21)22/h1-4,12H,5-10H2,(H2,16,20). The number of hydrogen-bond donors (Lipinski definition) is 1. The second-order valence-electron chi connectivity index (χ2n) is 5.47. The lowest BCUT2D eigenvalue weighted by atomic mass is 9.96. The number of nitro benzene ring substituents is 1. The number of nitrogens with zero attached hydrogens (tertiary/aromatic N) is 2. The number of likely N-dealkylation sites (tertiary alicyclic amines) is 1. The third-order valence-electron chi connectivity index (χ3n) is 3.89. The highest BCUT2D eigenvalue weighted by atomic mass is 32.2. The Morgan fingerprint density at radius 2 is 1.87 bits per heavy atom. The molecule has 124 valence electrons. The smallest absolute Gasteiger partial charge is 0.269 e. The highest BCUT2D eigenvalue weighted by Gasteiger charge is 2.25. The van der Waals surface area contributed by atoms with Crippen molar-refractivity contribution >= 4 is 29.3 Å². The van der Waals surface area contributed by atoms with Crippen LogP contribution in [0.2, 0.25) is 0 Å². The van der Waals surface area contributed by atoms with Gasteiger partial charge in [0.25, 0.3) is 5.69 Å². The maximum absolute atomic E-state index is 12.1. The van der Waals surface area contributed by atoms with Crippen molar-refractivity contribution in [3.05, 3.63) is 39.9 Å². The summed E-state index contributed by atoms with van der Waals surface area (Å²) >= 11 is 1.48. The van der Waals surface area contributed by atoms with Gasteiger partial charge in [-0.25, -0.2) is 0 Å². The van der Waals surface area contributed by atoms with E-state index in [9.17, 15) is 19.7 Å². The molecule has 0 radical (unpaired) electrons.